The van der Waals surface area contributed by atoms with Gasteiger partial charge in [0.25, 0.3) is 0 Å². The molecule has 5 heteroatoms. The number of rotatable bonds is 6. The second-order valence-corrected chi connectivity index (χ2v) is 6.26. The predicted octanol–water partition coefficient (Wildman–Crippen LogP) is 4.46. The summed E-state index contributed by atoms with van der Waals surface area (Å²) in [5.41, 5.74) is 3.26. The highest BCUT2D eigenvalue weighted by Crippen LogP contribution is 2.33. The Kier molecular flexibility index (Phi) is 5.01. The molecule has 0 aliphatic rings. The van der Waals surface area contributed by atoms with Crippen molar-refractivity contribution in [2.75, 3.05) is 26.2 Å². The Morgan fingerprint density at radius 2 is 1.75 bits per heavy atom. The summed E-state index contributed by atoms with van der Waals surface area (Å²) < 4.78 is 10.7. The van der Waals surface area contributed by atoms with Crippen LogP contribution in [0.15, 0.2) is 53.9 Å². The van der Waals surface area contributed by atoms with Gasteiger partial charge in [-0.25, -0.2) is 4.98 Å². The van der Waals surface area contributed by atoms with E-state index in [1.807, 2.05) is 36.4 Å². The van der Waals surface area contributed by atoms with E-state index in [1.165, 1.54) is 5.69 Å². The molecule has 0 N–H and O–H groups in total. The molecule has 0 radical (unpaired) electrons. The molecule has 0 amide bonds. The predicted molar refractivity (Wildman–Crippen MR) is 99.2 cm³/mol. The minimum atomic E-state index is 0.716. The fourth-order valence-corrected chi connectivity index (χ4v) is 3.31. The average Bonchev–Trinajstić information content (AvgIpc) is 3.10. The molecule has 0 saturated carbocycles. The maximum absolute atomic E-state index is 5.37. The van der Waals surface area contributed by atoms with Crippen LogP contribution in [-0.4, -0.2) is 26.3 Å². The van der Waals surface area contributed by atoms with Crippen LogP contribution in [0, 0.1) is 0 Å². The van der Waals surface area contributed by atoms with Crippen LogP contribution in [0.5, 0.6) is 11.5 Å². The van der Waals surface area contributed by atoms with Crippen LogP contribution in [0.1, 0.15) is 5.69 Å². The summed E-state index contributed by atoms with van der Waals surface area (Å²) in [6.45, 7) is 0.772. The Bertz CT molecular complexity index is 802. The molecule has 1 heterocycles. The first-order chi connectivity index (χ1) is 11.7. The second-order valence-electron chi connectivity index (χ2n) is 5.41. The number of nitrogens with zero attached hydrogens (tertiary/aromatic N) is 2. The molecule has 24 heavy (non-hydrogen) atoms. The summed E-state index contributed by atoms with van der Waals surface area (Å²) in [5, 5.41) is 3.08. The molecular weight excluding hydrogens is 320 g/mol. The van der Waals surface area contributed by atoms with E-state index < -0.39 is 0 Å². The number of anilines is 1. The summed E-state index contributed by atoms with van der Waals surface area (Å²) in [5.74, 6) is 1.44. The van der Waals surface area contributed by atoms with Crippen molar-refractivity contribution in [2.24, 2.45) is 0 Å². The number of methoxy groups -OCH3 is 2. The number of aromatic nitrogens is 1. The third-order valence-corrected chi connectivity index (χ3v) is 4.72. The van der Waals surface area contributed by atoms with E-state index in [9.17, 15) is 0 Å². The first kappa shape index (κ1) is 16.3. The van der Waals surface area contributed by atoms with Gasteiger partial charge in [0, 0.05) is 23.7 Å². The lowest BCUT2D eigenvalue weighted by Crippen LogP contribution is -2.16. The molecule has 0 bridgehead atoms. The first-order valence-corrected chi connectivity index (χ1v) is 8.52. The Labute approximate surface area is 146 Å². The number of thiazole rings is 1. The highest BCUT2D eigenvalue weighted by Gasteiger charge is 2.11. The van der Waals surface area contributed by atoms with E-state index in [4.69, 9.17) is 14.5 Å². The largest absolute Gasteiger partial charge is 0.493 e. The van der Waals surface area contributed by atoms with E-state index >= 15 is 0 Å². The molecule has 2 aromatic carbocycles. The molecule has 3 aromatic rings. The van der Waals surface area contributed by atoms with E-state index in [2.05, 4.69) is 29.5 Å². The molecule has 1 aromatic heterocycles. The molecule has 124 valence electrons. The van der Waals surface area contributed by atoms with E-state index in [0.29, 0.717) is 5.75 Å². The zero-order chi connectivity index (χ0) is 16.9. The van der Waals surface area contributed by atoms with Gasteiger partial charge in [-0.05, 0) is 30.3 Å². The lowest BCUT2D eigenvalue weighted by Gasteiger charge is -2.17. The zero-order valence-corrected chi connectivity index (χ0v) is 14.8. The fraction of sp³-hybridized carbons (Fsp3) is 0.211. The van der Waals surface area contributed by atoms with Gasteiger partial charge in [0.2, 0.25) is 0 Å². The van der Waals surface area contributed by atoms with Crippen molar-refractivity contribution >= 4 is 17.0 Å². The lowest BCUT2D eigenvalue weighted by atomic mass is 10.2. The molecule has 0 spiro atoms. The molecule has 0 aliphatic heterocycles. The van der Waals surface area contributed by atoms with E-state index in [0.717, 1.165) is 28.6 Å². The molecule has 4 nitrogen and oxygen atoms in total. The van der Waals surface area contributed by atoms with Crippen LogP contribution in [0.4, 0.5) is 5.69 Å². The van der Waals surface area contributed by atoms with Crippen molar-refractivity contribution in [3.63, 3.8) is 0 Å². The summed E-state index contributed by atoms with van der Waals surface area (Å²) in [6, 6.07) is 16.2. The molecule has 3 rings (SSSR count). The van der Waals surface area contributed by atoms with Crippen molar-refractivity contribution < 1.29 is 9.47 Å². The molecule has 0 unspecified atom stereocenters. The summed E-state index contributed by atoms with van der Waals surface area (Å²) >= 11 is 1.64. The maximum atomic E-state index is 5.37. The van der Waals surface area contributed by atoms with E-state index in [-0.39, 0.29) is 0 Å². The Morgan fingerprint density at radius 3 is 2.46 bits per heavy atom. The number of benzene rings is 2. The van der Waals surface area contributed by atoms with Gasteiger partial charge in [0.1, 0.15) is 5.01 Å². The standard InChI is InChI=1S/C19H20N2O2S/c1-21(16-7-5-4-6-8-16)12-15-13-24-19(20-15)14-9-10-17(22-2)18(11-14)23-3/h4-11,13H,12H2,1-3H3. The molecule has 0 atom stereocenters. The third-order valence-electron chi connectivity index (χ3n) is 3.78. The first-order valence-electron chi connectivity index (χ1n) is 7.64. The van der Waals surface area contributed by atoms with Gasteiger partial charge in [-0.3, -0.25) is 0 Å². The third kappa shape index (κ3) is 3.51. The lowest BCUT2D eigenvalue weighted by molar-refractivity contribution is 0.355. The Hall–Kier alpha value is -2.53. The highest BCUT2D eigenvalue weighted by atomic mass is 32.1. The smallest absolute Gasteiger partial charge is 0.161 e. The average molecular weight is 340 g/mol. The normalized spacial score (nSPS) is 10.5. The van der Waals surface area contributed by atoms with Crippen molar-refractivity contribution in [2.45, 2.75) is 6.54 Å². The van der Waals surface area contributed by atoms with Crippen LogP contribution in [0.3, 0.4) is 0 Å². The Morgan fingerprint density at radius 1 is 1.00 bits per heavy atom. The van der Waals surface area contributed by atoms with Gasteiger partial charge in [0.15, 0.2) is 11.5 Å². The van der Waals surface area contributed by atoms with Crippen molar-refractivity contribution in [1.29, 1.82) is 0 Å². The van der Waals surface area contributed by atoms with Crippen LogP contribution in [-0.2, 0) is 6.54 Å². The van der Waals surface area contributed by atoms with Crippen molar-refractivity contribution in [3.8, 4) is 22.1 Å². The minimum Gasteiger partial charge on any atom is -0.493 e. The van der Waals surface area contributed by atoms with Gasteiger partial charge >= 0.3 is 0 Å². The van der Waals surface area contributed by atoms with Gasteiger partial charge < -0.3 is 14.4 Å². The topological polar surface area (TPSA) is 34.6 Å². The monoisotopic (exact) mass is 340 g/mol. The second kappa shape index (κ2) is 7.36. The molecule has 0 aliphatic carbocycles. The number of hydrogen-bond donors (Lipinski definition) is 0. The molecule has 0 fully saturated rings. The van der Waals surface area contributed by atoms with Crippen LogP contribution in [0.25, 0.3) is 10.6 Å². The van der Waals surface area contributed by atoms with Crippen LogP contribution < -0.4 is 14.4 Å². The highest BCUT2D eigenvalue weighted by molar-refractivity contribution is 7.13. The van der Waals surface area contributed by atoms with Crippen LogP contribution in [0.2, 0.25) is 0 Å². The maximum Gasteiger partial charge on any atom is 0.161 e. The summed E-state index contributed by atoms with van der Waals surface area (Å²) in [7, 11) is 5.35. The SMILES string of the molecule is COc1ccc(-c2nc(CN(C)c3ccccc3)cs2)cc1OC. The Balaban J connectivity index is 1.78. The molecule has 0 saturated heterocycles. The van der Waals surface area contributed by atoms with Gasteiger partial charge in [-0.15, -0.1) is 11.3 Å². The van der Waals surface area contributed by atoms with E-state index in [1.54, 1.807) is 25.6 Å². The number of para-hydroxylation sites is 1. The van der Waals surface area contributed by atoms with Gasteiger partial charge in [0.05, 0.1) is 26.5 Å². The fourth-order valence-electron chi connectivity index (χ4n) is 2.50. The van der Waals surface area contributed by atoms with Crippen molar-refractivity contribution in [1.82, 2.24) is 4.98 Å². The minimum absolute atomic E-state index is 0.716. The van der Waals surface area contributed by atoms with Gasteiger partial charge in [-0.1, -0.05) is 18.2 Å². The quantitative estimate of drug-likeness (QED) is 0.663. The summed E-state index contributed by atoms with van der Waals surface area (Å²) in [4.78, 5) is 6.95. The summed E-state index contributed by atoms with van der Waals surface area (Å²) in [6.07, 6.45) is 0. The molecular formula is C19H20N2O2S. The van der Waals surface area contributed by atoms with Gasteiger partial charge in [-0.2, -0.15) is 0 Å². The van der Waals surface area contributed by atoms with Crippen molar-refractivity contribution in [3.05, 3.63) is 59.6 Å². The number of ether oxygens (including phenoxy) is 2. The zero-order valence-electron chi connectivity index (χ0n) is 14.0. The van der Waals surface area contributed by atoms with Crippen LogP contribution >= 0.6 is 11.3 Å². The number of hydrogen-bond acceptors (Lipinski definition) is 5.